The van der Waals surface area contributed by atoms with Gasteiger partial charge in [0.15, 0.2) is 0 Å². The van der Waals surface area contributed by atoms with Crippen molar-refractivity contribution in [3.05, 3.63) is 42.1 Å². The predicted molar refractivity (Wildman–Crippen MR) is 65.9 cm³/mol. The Morgan fingerprint density at radius 1 is 1.38 bits per heavy atom. The van der Waals surface area contributed by atoms with Crippen molar-refractivity contribution in [1.29, 1.82) is 0 Å². The molecule has 3 heteroatoms. The summed E-state index contributed by atoms with van der Waals surface area (Å²) in [5, 5.41) is 4.38. The van der Waals surface area contributed by atoms with Gasteiger partial charge in [-0.05, 0) is 24.1 Å². The van der Waals surface area contributed by atoms with Crippen molar-refractivity contribution < 1.29 is 0 Å². The van der Waals surface area contributed by atoms with E-state index in [1.165, 1.54) is 5.56 Å². The molecule has 1 atom stereocenters. The van der Waals surface area contributed by atoms with Crippen molar-refractivity contribution >= 4 is 0 Å². The van der Waals surface area contributed by atoms with Crippen LogP contribution in [0.25, 0.3) is 11.3 Å². The van der Waals surface area contributed by atoms with E-state index in [2.05, 4.69) is 30.2 Å². The Morgan fingerprint density at radius 3 is 2.81 bits per heavy atom. The van der Waals surface area contributed by atoms with Gasteiger partial charge in [0.25, 0.3) is 0 Å². The molecule has 1 heterocycles. The molecule has 0 fully saturated rings. The first-order chi connectivity index (χ1) is 7.70. The van der Waals surface area contributed by atoms with Crippen LogP contribution in [0.5, 0.6) is 0 Å². The summed E-state index contributed by atoms with van der Waals surface area (Å²) >= 11 is 0. The van der Waals surface area contributed by atoms with Gasteiger partial charge in [-0.15, -0.1) is 0 Å². The minimum Gasteiger partial charge on any atom is -0.324 e. The van der Waals surface area contributed by atoms with Crippen molar-refractivity contribution in [2.45, 2.75) is 19.4 Å². The molecule has 0 aliphatic heterocycles. The van der Waals surface area contributed by atoms with Crippen LogP contribution in [0.1, 0.15) is 24.9 Å². The van der Waals surface area contributed by atoms with E-state index in [9.17, 15) is 0 Å². The minimum atomic E-state index is 0.115. The molecule has 16 heavy (non-hydrogen) atoms. The van der Waals surface area contributed by atoms with Crippen molar-refractivity contribution in [3.8, 4) is 11.3 Å². The lowest BCUT2D eigenvalue weighted by molar-refractivity contribution is 0.699. The number of nitrogens with two attached hydrogens (primary N) is 1. The molecule has 0 saturated heterocycles. The van der Waals surface area contributed by atoms with Crippen LogP contribution in [0.2, 0.25) is 0 Å². The fraction of sp³-hybridized carbons (Fsp3) is 0.308. The highest BCUT2D eigenvalue weighted by Crippen LogP contribution is 2.21. The Bertz CT molecular complexity index is 474. The number of aryl methyl sites for hydroxylation is 1. The third-order valence-corrected chi connectivity index (χ3v) is 2.76. The number of hydrogen-bond donors (Lipinski definition) is 1. The van der Waals surface area contributed by atoms with Crippen molar-refractivity contribution in [3.63, 3.8) is 0 Å². The Labute approximate surface area is 95.9 Å². The van der Waals surface area contributed by atoms with Crippen molar-refractivity contribution in [2.75, 3.05) is 0 Å². The molecule has 0 amide bonds. The quantitative estimate of drug-likeness (QED) is 0.854. The lowest BCUT2D eigenvalue weighted by atomic mass is 10.0. The first-order valence-corrected chi connectivity index (χ1v) is 5.56. The van der Waals surface area contributed by atoms with Gasteiger partial charge in [0, 0.05) is 24.8 Å². The highest BCUT2D eigenvalue weighted by molar-refractivity contribution is 5.59. The molecule has 0 radical (unpaired) electrons. The molecule has 2 rings (SSSR count). The van der Waals surface area contributed by atoms with Crippen LogP contribution < -0.4 is 5.73 Å². The fourth-order valence-electron chi connectivity index (χ4n) is 1.73. The molecule has 1 aromatic carbocycles. The van der Waals surface area contributed by atoms with Crippen molar-refractivity contribution in [2.24, 2.45) is 12.8 Å². The van der Waals surface area contributed by atoms with E-state index in [-0.39, 0.29) is 6.04 Å². The topological polar surface area (TPSA) is 43.8 Å². The van der Waals surface area contributed by atoms with Crippen LogP contribution in [0, 0.1) is 0 Å². The molecule has 0 bridgehead atoms. The van der Waals surface area contributed by atoms with Gasteiger partial charge in [-0.1, -0.05) is 25.1 Å². The monoisotopic (exact) mass is 215 g/mol. The number of nitrogens with zero attached hydrogens (tertiary/aromatic N) is 2. The maximum Gasteiger partial charge on any atom is 0.0923 e. The summed E-state index contributed by atoms with van der Waals surface area (Å²) in [5.41, 5.74) is 9.31. The Balaban J connectivity index is 2.36. The van der Waals surface area contributed by atoms with E-state index in [0.717, 1.165) is 17.7 Å². The first-order valence-electron chi connectivity index (χ1n) is 5.56. The predicted octanol–water partition coefficient (Wildman–Crippen LogP) is 2.50. The molecule has 2 aromatic rings. The molecule has 0 aliphatic rings. The average Bonchev–Trinajstić information content (AvgIpc) is 2.75. The van der Waals surface area contributed by atoms with Gasteiger partial charge in [0.2, 0.25) is 0 Å². The molecule has 1 aromatic heterocycles. The number of benzene rings is 1. The standard InChI is InChI=1S/C13H17N3/c1-3-12(14)10-5-4-6-11(9-10)13-7-8-16(2)15-13/h4-9,12H,3,14H2,1-2H3. The van der Waals surface area contributed by atoms with Crippen LogP contribution in [0.15, 0.2) is 36.5 Å². The summed E-state index contributed by atoms with van der Waals surface area (Å²) in [5.74, 6) is 0. The molecule has 3 nitrogen and oxygen atoms in total. The van der Waals surface area contributed by atoms with Gasteiger partial charge in [-0.25, -0.2) is 0 Å². The zero-order valence-electron chi connectivity index (χ0n) is 9.72. The second-order valence-electron chi connectivity index (χ2n) is 4.01. The molecular weight excluding hydrogens is 198 g/mol. The summed E-state index contributed by atoms with van der Waals surface area (Å²) in [7, 11) is 1.92. The highest BCUT2D eigenvalue weighted by Gasteiger charge is 2.06. The molecule has 0 saturated carbocycles. The first kappa shape index (κ1) is 10.9. The summed E-state index contributed by atoms with van der Waals surface area (Å²) in [6.45, 7) is 2.10. The number of hydrogen-bond acceptors (Lipinski definition) is 2. The van der Waals surface area contributed by atoms with E-state index < -0.39 is 0 Å². The lowest BCUT2D eigenvalue weighted by Gasteiger charge is -2.09. The average molecular weight is 215 g/mol. The third kappa shape index (κ3) is 2.14. The van der Waals surface area contributed by atoms with Gasteiger partial charge < -0.3 is 5.73 Å². The van der Waals surface area contributed by atoms with Gasteiger partial charge in [0.05, 0.1) is 5.69 Å². The van der Waals surface area contributed by atoms with Crippen LogP contribution >= 0.6 is 0 Å². The van der Waals surface area contributed by atoms with Gasteiger partial charge >= 0.3 is 0 Å². The van der Waals surface area contributed by atoms with Gasteiger partial charge in [-0.3, -0.25) is 4.68 Å². The number of aromatic nitrogens is 2. The van der Waals surface area contributed by atoms with E-state index in [4.69, 9.17) is 5.73 Å². The van der Waals surface area contributed by atoms with Crippen molar-refractivity contribution in [1.82, 2.24) is 9.78 Å². The van der Waals surface area contributed by atoms with Crippen LogP contribution in [0.4, 0.5) is 0 Å². The molecule has 1 unspecified atom stereocenters. The minimum absolute atomic E-state index is 0.115. The lowest BCUT2D eigenvalue weighted by Crippen LogP contribution is -2.08. The second kappa shape index (κ2) is 4.49. The number of rotatable bonds is 3. The molecule has 84 valence electrons. The van der Waals surface area contributed by atoms with E-state index in [1.807, 2.05) is 30.1 Å². The van der Waals surface area contributed by atoms with E-state index in [0.29, 0.717) is 0 Å². The molecular formula is C13H17N3. The molecule has 2 N–H and O–H groups in total. The second-order valence-corrected chi connectivity index (χ2v) is 4.01. The van der Waals surface area contributed by atoms with Crippen LogP contribution in [-0.2, 0) is 7.05 Å². The summed E-state index contributed by atoms with van der Waals surface area (Å²) in [6.07, 6.45) is 2.90. The zero-order valence-corrected chi connectivity index (χ0v) is 9.72. The highest BCUT2D eigenvalue weighted by atomic mass is 15.2. The summed E-state index contributed by atoms with van der Waals surface area (Å²) in [4.78, 5) is 0. The Hall–Kier alpha value is -1.61. The van der Waals surface area contributed by atoms with Gasteiger partial charge in [-0.2, -0.15) is 5.10 Å². The normalized spacial score (nSPS) is 12.7. The SMILES string of the molecule is CCC(N)c1cccc(-c2ccn(C)n2)c1. The van der Waals surface area contributed by atoms with E-state index in [1.54, 1.807) is 0 Å². The van der Waals surface area contributed by atoms with E-state index >= 15 is 0 Å². The Morgan fingerprint density at radius 2 is 2.19 bits per heavy atom. The maximum absolute atomic E-state index is 6.02. The van der Waals surface area contributed by atoms with Crippen LogP contribution in [-0.4, -0.2) is 9.78 Å². The Kier molecular flexibility index (Phi) is 3.06. The summed E-state index contributed by atoms with van der Waals surface area (Å²) in [6, 6.07) is 10.4. The largest absolute Gasteiger partial charge is 0.324 e. The third-order valence-electron chi connectivity index (χ3n) is 2.76. The molecule has 0 aliphatic carbocycles. The fourth-order valence-corrected chi connectivity index (χ4v) is 1.73. The van der Waals surface area contributed by atoms with Gasteiger partial charge in [0.1, 0.15) is 0 Å². The maximum atomic E-state index is 6.02. The van der Waals surface area contributed by atoms with Crippen LogP contribution in [0.3, 0.4) is 0 Å². The summed E-state index contributed by atoms with van der Waals surface area (Å²) < 4.78 is 1.81. The smallest absolute Gasteiger partial charge is 0.0923 e. The molecule has 0 spiro atoms. The zero-order chi connectivity index (χ0) is 11.5.